The molecule has 4 rings (SSSR count). The first-order chi connectivity index (χ1) is 12.2. The van der Waals surface area contributed by atoms with Gasteiger partial charge in [-0.1, -0.05) is 42.5 Å². The fourth-order valence-corrected chi connectivity index (χ4v) is 4.61. The van der Waals surface area contributed by atoms with Crippen LogP contribution in [0.2, 0.25) is 0 Å². The Hall–Kier alpha value is -2.11. The number of rotatable bonds is 3. The van der Waals surface area contributed by atoms with Gasteiger partial charge in [0.05, 0.1) is 6.07 Å². The summed E-state index contributed by atoms with van der Waals surface area (Å²) in [5.41, 5.74) is 7.48. The van der Waals surface area contributed by atoms with Gasteiger partial charge in [0, 0.05) is 6.42 Å². The van der Waals surface area contributed by atoms with Crippen LogP contribution in [0.3, 0.4) is 0 Å². The lowest BCUT2D eigenvalue weighted by Crippen LogP contribution is -2.39. The van der Waals surface area contributed by atoms with Crippen molar-refractivity contribution >= 4 is 0 Å². The third kappa shape index (κ3) is 3.10. The van der Waals surface area contributed by atoms with Crippen LogP contribution in [0.25, 0.3) is 11.1 Å². The van der Waals surface area contributed by atoms with E-state index in [9.17, 15) is 0 Å². The molecular formula is C23H26N2. The Balaban J connectivity index is 1.62. The highest BCUT2D eigenvalue weighted by molar-refractivity contribution is 5.66. The van der Waals surface area contributed by atoms with E-state index in [1.54, 1.807) is 11.1 Å². The summed E-state index contributed by atoms with van der Waals surface area (Å²) in [7, 11) is 2.24. The van der Waals surface area contributed by atoms with Gasteiger partial charge in [-0.15, -0.1) is 0 Å². The smallest absolute Gasteiger partial charge is 0.0625 e. The van der Waals surface area contributed by atoms with Gasteiger partial charge in [0.15, 0.2) is 0 Å². The van der Waals surface area contributed by atoms with E-state index in [0.29, 0.717) is 11.8 Å². The van der Waals surface area contributed by atoms with Crippen LogP contribution in [0.1, 0.15) is 42.4 Å². The predicted octanol–water partition coefficient (Wildman–Crippen LogP) is 4.72. The molecule has 1 aliphatic carbocycles. The zero-order valence-corrected chi connectivity index (χ0v) is 15.1. The molecule has 25 heavy (non-hydrogen) atoms. The quantitative estimate of drug-likeness (QED) is 0.814. The van der Waals surface area contributed by atoms with Gasteiger partial charge in [-0.25, -0.2) is 0 Å². The Bertz CT molecular complexity index is 790. The number of piperidine rings is 1. The van der Waals surface area contributed by atoms with Crippen LogP contribution in [-0.4, -0.2) is 25.0 Å². The van der Waals surface area contributed by atoms with Crippen molar-refractivity contribution in [1.82, 2.24) is 4.90 Å². The molecule has 0 aromatic heterocycles. The molecule has 1 spiro atoms. The molecule has 128 valence electrons. The van der Waals surface area contributed by atoms with Crippen molar-refractivity contribution in [1.29, 1.82) is 5.26 Å². The first kappa shape index (κ1) is 16.4. The number of benzene rings is 2. The standard InChI is InChI=1S/C23H26N2/c1-25-15-12-23(13-16-25)11-10-20-8-9-21(17-22(20)23)19-6-4-18(5-7-19)3-2-14-24/h4-9,17H,2-3,10-13,15-16H2,1H3. The lowest BCUT2D eigenvalue weighted by molar-refractivity contribution is 0.187. The van der Waals surface area contributed by atoms with Crippen molar-refractivity contribution in [3.05, 3.63) is 59.2 Å². The van der Waals surface area contributed by atoms with Crippen molar-refractivity contribution in [2.45, 2.75) is 43.9 Å². The van der Waals surface area contributed by atoms with Gasteiger partial charge in [-0.05, 0) is 85.5 Å². The van der Waals surface area contributed by atoms with Crippen LogP contribution < -0.4 is 0 Å². The van der Waals surface area contributed by atoms with E-state index in [0.717, 1.165) is 6.42 Å². The topological polar surface area (TPSA) is 27.0 Å². The number of hydrogen-bond acceptors (Lipinski definition) is 2. The number of hydrogen-bond donors (Lipinski definition) is 0. The van der Waals surface area contributed by atoms with Gasteiger partial charge < -0.3 is 4.90 Å². The Morgan fingerprint density at radius 3 is 2.44 bits per heavy atom. The first-order valence-electron chi connectivity index (χ1n) is 9.48. The van der Waals surface area contributed by atoms with Gasteiger partial charge >= 0.3 is 0 Å². The minimum absolute atomic E-state index is 0.421. The van der Waals surface area contributed by atoms with Crippen molar-refractivity contribution in [2.75, 3.05) is 20.1 Å². The van der Waals surface area contributed by atoms with E-state index in [1.807, 2.05) is 0 Å². The second-order valence-electron chi connectivity index (χ2n) is 7.81. The Morgan fingerprint density at radius 2 is 1.72 bits per heavy atom. The molecule has 1 fully saturated rings. The van der Waals surface area contributed by atoms with E-state index in [-0.39, 0.29) is 0 Å². The molecule has 2 heteroatoms. The van der Waals surface area contributed by atoms with Crippen molar-refractivity contribution in [3.8, 4) is 17.2 Å². The summed E-state index contributed by atoms with van der Waals surface area (Å²) in [4.78, 5) is 2.47. The zero-order valence-electron chi connectivity index (χ0n) is 15.1. The SMILES string of the molecule is CN1CCC2(CCc3ccc(-c4ccc(CCC#N)cc4)cc32)CC1. The molecule has 0 N–H and O–H groups in total. The monoisotopic (exact) mass is 330 g/mol. The molecular weight excluding hydrogens is 304 g/mol. The van der Waals surface area contributed by atoms with Crippen LogP contribution in [0, 0.1) is 11.3 Å². The third-order valence-corrected chi connectivity index (χ3v) is 6.31. The molecule has 1 saturated heterocycles. The molecule has 0 amide bonds. The van der Waals surface area contributed by atoms with Crippen molar-refractivity contribution < 1.29 is 0 Å². The van der Waals surface area contributed by atoms with E-state index in [1.165, 1.54) is 55.5 Å². The lowest BCUT2D eigenvalue weighted by atomic mass is 9.73. The molecule has 2 aromatic carbocycles. The van der Waals surface area contributed by atoms with Crippen LogP contribution in [0.5, 0.6) is 0 Å². The average Bonchev–Trinajstić information content (AvgIpc) is 3.01. The van der Waals surface area contributed by atoms with Gasteiger partial charge in [0.2, 0.25) is 0 Å². The van der Waals surface area contributed by atoms with Crippen LogP contribution in [0.4, 0.5) is 0 Å². The largest absolute Gasteiger partial charge is 0.306 e. The molecule has 1 heterocycles. The second kappa shape index (κ2) is 6.65. The Kier molecular flexibility index (Phi) is 4.36. The zero-order chi connectivity index (χ0) is 17.3. The first-order valence-corrected chi connectivity index (χ1v) is 9.48. The second-order valence-corrected chi connectivity index (χ2v) is 7.81. The molecule has 0 atom stereocenters. The summed E-state index contributed by atoms with van der Waals surface area (Å²) in [6, 6.07) is 18.1. The molecule has 2 aliphatic rings. The van der Waals surface area contributed by atoms with Crippen molar-refractivity contribution in [3.63, 3.8) is 0 Å². The van der Waals surface area contributed by atoms with E-state index in [2.05, 4.69) is 60.5 Å². The summed E-state index contributed by atoms with van der Waals surface area (Å²) in [6.45, 7) is 2.44. The lowest BCUT2D eigenvalue weighted by Gasteiger charge is -2.39. The van der Waals surface area contributed by atoms with Crippen LogP contribution >= 0.6 is 0 Å². The third-order valence-electron chi connectivity index (χ3n) is 6.31. The highest BCUT2D eigenvalue weighted by Gasteiger charge is 2.40. The summed E-state index contributed by atoms with van der Waals surface area (Å²) >= 11 is 0. The summed E-state index contributed by atoms with van der Waals surface area (Å²) in [6.07, 6.45) is 6.60. The highest BCUT2D eigenvalue weighted by Crippen LogP contribution is 2.47. The summed E-state index contributed by atoms with van der Waals surface area (Å²) in [5, 5.41) is 8.73. The number of nitrogens with zero attached hydrogens (tertiary/aromatic N) is 2. The van der Waals surface area contributed by atoms with E-state index in [4.69, 9.17) is 5.26 Å². The maximum atomic E-state index is 8.73. The Morgan fingerprint density at radius 1 is 1.00 bits per heavy atom. The van der Waals surface area contributed by atoms with Gasteiger partial charge in [-0.2, -0.15) is 5.26 Å². The maximum Gasteiger partial charge on any atom is 0.0625 e. The number of aryl methyl sites for hydroxylation is 2. The maximum absolute atomic E-state index is 8.73. The number of likely N-dealkylation sites (tertiary alicyclic amines) is 1. The molecule has 0 unspecified atom stereocenters. The van der Waals surface area contributed by atoms with E-state index >= 15 is 0 Å². The molecule has 1 aliphatic heterocycles. The molecule has 2 aromatic rings. The normalized spacial score (nSPS) is 18.9. The average molecular weight is 330 g/mol. The van der Waals surface area contributed by atoms with Gasteiger partial charge in [-0.3, -0.25) is 0 Å². The number of fused-ring (bicyclic) bond motifs is 2. The fourth-order valence-electron chi connectivity index (χ4n) is 4.61. The van der Waals surface area contributed by atoms with Crippen LogP contribution in [0.15, 0.2) is 42.5 Å². The van der Waals surface area contributed by atoms with Gasteiger partial charge in [0.1, 0.15) is 0 Å². The Labute approximate surface area is 151 Å². The minimum Gasteiger partial charge on any atom is -0.306 e. The molecule has 2 nitrogen and oxygen atoms in total. The fraction of sp³-hybridized carbons (Fsp3) is 0.435. The highest BCUT2D eigenvalue weighted by atomic mass is 15.1. The minimum atomic E-state index is 0.421. The summed E-state index contributed by atoms with van der Waals surface area (Å²) < 4.78 is 0. The molecule has 0 bridgehead atoms. The predicted molar refractivity (Wildman–Crippen MR) is 103 cm³/mol. The van der Waals surface area contributed by atoms with Crippen LogP contribution in [-0.2, 0) is 18.3 Å². The van der Waals surface area contributed by atoms with Crippen molar-refractivity contribution in [2.24, 2.45) is 0 Å². The number of nitriles is 1. The van der Waals surface area contributed by atoms with Gasteiger partial charge in [0.25, 0.3) is 0 Å². The molecule has 0 radical (unpaired) electrons. The van der Waals surface area contributed by atoms with E-state index < -0.39 is 0 Å². The summed E-state index contributed by atoms with van der Waals surface area (Å²) in [5.74, 6) is 0. The molecule has 0 saturated carbocycles.